The van der Waals surface area contributed by atoms with E-state index in [1.807, 2.05) is 13.8 Å². The first-order chi connectivity index (χ1) is 6.93. The van der Waals surface area contributed by atoms with Crippen molar-refractivity contribution in [3.63, 3.8) is 0 Å². The summed E-state index contributed by atoms with van der Waals surface area (Å²) < 4.78 is 0. The Morgan fingerprint density at radius 1 is 1.33 bits per heavy atom. The van der Waals surface area contributed by atoms with Gasteiger partial charge in [-0.25, -0.2) is 0 Å². The Morgan fingerprint density at radius 3 is 2.20 bits per heavy atom. The molecule has 0 aliphatic carbocycles. The summed E-state index contributed by atoms with van der Waals surface area (Å²) in [5.74, 6) is -0.164. The van der Waals surface area contributed by atoms with Gasteiger partial charge in [0.25, 0.3) is 5.91 Å². The molecule has 0 bridgehead atoms. The molecule has 0 aliphatic heterocycles. The Bertz CT molecular complexity index is 303. The lowest BCUT2D eigenvalue weighted by atomic mass is 10.1. The molecule has 0 aromatic heterocycles. The third-order valence-corrected chi connectivity index (χ3v) is 2.23. The summed E-state index contributed by atoms with van der Waals surface area (Å²) in [5.41, 5.74) is 1.59. The summed E-state index contributed by atoms with van der Waals surface area (Å²) in [6, 6.07) is 0. The first-order valence-corrected chi connectivity index (χ1v) is 5.01. The van der Waals surface area contributed by atoms with Gasteiger partial charge in [0.2, 0.25) is 0 Å². The fourth-order valence-electron chi connectivity index (χ4n) is 1.25. The van der Waals surface area contributed by atoms with Crippen LogP contribution >= 0.6 is 0 Å². The molecule has 3 heteroatoms. The van der Waals surface area contributed by atoms with Crippen molar-refractivity contribution < 1.29 is 9.59 Å². The molecule has 0 heterocycles. The van der Waals surface area contributed by atoms with Crippen LogP contribution in [0.2, 0.25) is 0 Å². The highest BCUT2D eigenvalue weighted by Crippen LogP contribution is 2.11. The SMILES string of the molecule is C=C/C(C(=O)N(C)CC(C)=O)=C(/C)CC. The van der Waals surface area contributed by atoms with Crippen LogP contribution in [0, 0.1) is 0 Å². The number of hydrogen-bond acceptors (Lipinski definition) is 2. The number of amides is 1. The van der Waals surface area contributed by atoms with Crippen molar-refractivity contribution in [1.82, 2.24) is 4.90 Å². The predicted octanol–water partition coefficient (Wildman–Crippen LogP) is 1.95. The number of nitrogens with zero attached hydrogens (tertiary/aromatic N) is 1. The first kappa shape index (κ1) is 13.6. The van der Waals surface area contributed by atoms with E-state index in [1.165, 1.54) is 11.8 Å². The molecule has 1 amide bonds. The summed E-state index contributed by atoms with van der Waals surface area (Å²) in [6.07, 6.45) is 2.36. The van der Waals surface area contributed by atoms with Gasteiger partial charge in [0.15, 0.2) is 0 Å². The second-order valence-corrected chi connectivity index (χ2v) is 3.61. The van der Waals surface area contributed by atoms with Gasteiger partial charge in [0, 0.05) is 12.6 Å². The summed E-state index contributed by atoms with van der Waals surface area (Å²) in [6.45, 7) is 9.12. The summed E-state index contributed by atoms with van der Waals surface area (Å²) >= 11 is 0. The summed E-state index contributed by atoms with van der Waals surface area (Å²) in [7, 11) is 1.62. The van der Waals surface area contributed by atoms with Gasteiger partial charge < -0.3 is 4.90 Å². The summed E-state index contributed by atoms with van der Waals surface area (Å²) in [5, 5.41) is 0. The Morgan fingerprint density at radius 2 is 1.87 bits per heavy atom. The number of carbonyl (C=O) groups excluding carboxylic acids is 2. The second kappa shape index (κ2) is 6.17. The van der Waals surface area contributed by atoms with Crippen molar-refractivity contribution in [3.8, 4) is 0 Å². The largest absolute Gasteiger partial charge is 0.334 e. The molecule has 0 aliphatic rings. The molecule has 0 fully saturated rings. The summed E-state index contributed by atoms with van der Waals surface area (Å²) in [4.78, 5) is 24.1. The molecule has 84 valence electrons. The third kappa shape index (κ3) is 4.11. The highest BCUT2D eigenvalue weighted by atomic mass is 16.2. The minimum Gasteiger partial charge on any atom is -0.334 e. The van der Waals surface area contributed by atoms with Gasteiger partial charge in [-0.05, 0) is 20.3 Å². The van der Waals surface area contributed by atoms with E-state index in [0.717, 1.165) is 12.0 Å². The molecular weight excluding hydrogens is 190 g/mol. The Kier molecular flexibility index (Phi) is 5.60. The Labute approximate surface area is 91.5 Å². The maximum absolute atomic E-state index is 11.9. The van der Waals surface area contributed by atoms with Gasteiger partial charge >= 0.3 is 0 Å². The zero-order valence-corrected chi connectivity index (χ0v) is 9.96. The number of likely N-dealkylation sites (N-methyl/N-ethyl adjacent to an activating group) is 1. The van der Waals surface area contributed by atoms with Crippen molar-refractivity contribution >= 4 is 11.7 Å². The minimum absolute atomic E-state index is 0.0246. The number of carbonyl (C=O) groups is 2. The first-order valence-electron chi connectivity index (χ1n) is 5.01. The minimum atomic E-state index is -0.139. The van der Waals surface area contributed by atoms with Crippen LogP contribution in [-0.2, 0) is 9.59 Å². The van der Waals surface area contributed by atoms with E-state index in [0.29, 0.717) is 5.57 Å². The van der Waals surface area contributed by atoms with Crippen molar-refractivity contribution in [2.75, 3.05) is 13.6 Å². The highest BCUT2D eigenvalue weighted by Gasteiger charge is 2.14. The zero-order valence-electron chi connectivity index (χ0n) is 9.96. The van der Waals surface area contributed by atoms with Gasteiger partial charge in [0.1, 0.15) is 5.78 Å². The molecule has 0 rings (SSSR count). The molecule has 0 aromatic carbocycles. The Balaban J connectivity index is 4.82. The quantitative estimate of drug-likeness (QED) is 0.512. The number of hydrogen-bond donors (Lipinski definition) is 0. The topological polar surface area (TPSA) is 37.4 Å². The smallest absolute Gasteiger partial charge is 0.253 e. The van der Waals surface area contributed by atoms with E-state index in [4.69, 9.17) is 0 Å². The van der Waals surface area contributed by atoms with Crippen LogP contribution in [0.5, 0.6) is 0 Å². The van der Waals surface area contributed by atoms with Crippen molar-refractivity contribution in [2.24, 2.45) is 0 Å². The second-order valence-electron chi connectivity index (χ2n) is 3.61. The maximum atomic E-state index is 11.9. The monoisotopic (exact) mass is 209 g/mol. The maximum Gasteiger partial charge on any atom is 0.253 e. The van der Waals surface area contributed by atoms with Gasteiger partial charge in [-0.15, -0.1) is 0 Å². The fraction of sp³-hybridized carbons (Fsp3) is 0.500. The molecule has 0 aromatic rings. The van der Waals surface area contributed by atoms with Crippen LogP contribution in [0.4, 0.5) is 0 Å². The van der Waals surface area contributed by atoms with E-state index in [-0.39, 0.29) is 18.2 Å². The van der Waals surface area contributed by atoms with Crippen LogP contribution in [0.1, 0.15) is 27.2 Å². The van der Waals surface area contributed by atoms with E-state index < -0.39 is 0 Å². The standard InChI is InChI=1S/C12H19NO2/c1-6-9(3)11(7-2)12(15)13(5)8-10(4)14/h7H,2,6,8H2,1,3-5H3/b11-9+. The number of Topliss-reactive ketones (excluding diaryl/α,β-unsaturated/α-hetero) is 1. The predicted molar refractivity (Wildman–Crippen MR) is 61.5 cm³/mol. The lowest BCUT2D eigenvalue weighted by Crippen LogP contribution is -2.32. The molecule has 0 saturated carbocycles. The highest BCUT2D eigenvalue weighted by molar-refractivity contribution is 5.98. The molecule has 0 radical (unpaired) electrons. The van der Waals surface area contributed by atoms with Crippen LogP contribution < -0.4 is 0 Å². The molecule has 0 saturated heterocycles. The normalized spacial score (nSPS) is 11.7. The third-order valence-electron chi connectivity index (χ3n) is 2.23. The van der Waals surface area contributed by atoms with Crippen LogP contribution in [0.3, 0.4) is 0 Å². The fourth-order valence-corrected chi connectivity index (χ4v) is 1.25. The zero-order chi connectivity index (χ0) is 12.0. The van der Waals surface area contributed by atoms with Gasteiger partial charge in [0.05, 0.1) is 6.54 Å². The van der Waals surface area contributed by atoms with Gasteiger partial charge in [-0.2, -0.15) is 0 Å². The Hall–Kier alpha value is -1.38. The molecule has 0 unspecified atom stereocenters. The van der Waals surface area contributed by atoms with Crippen LogP contribution in [-0.4, -0.2) is 30.2 Å². The molecular formula is C12H19NO2. The van der Waals surface area contributed by atoms with Crippen molar-refractivity contribution in [3.05, 3.63) is 23.8 Å². The van der Waals surface area contributed by atoms with Crippen molar-refractivity contribution in [1.29, 1.82) is 0 Å². The average Bonchev–Trinajstić information content (AvgIpc) is 2.17. The number of ketones is 1. The molecule has 0 spiro atoms. The van der Waals surface area contributed by atoms with Crippen LogP contribution in [0.25, 0.3) is 0 Å². The molecule has 15 heavy (non-hydrogen) atoms. The number of allylic oxidation sites excluding steroid dienone is 1. The molecule has 0 N–H and O–H groups in total. The molecule has 3 nitrogen and oxygen atoms in total. The van der Waals surface area contributed by atoms with Gasteiger partial charge in [-0.3, -0.25) is 9.59 Å². The van der Waals surface area contributed by atoms with E-state index in [2.05, 4.69) is 6.58 Å². The van der Waals surface area contributed by atoms with Crippen LogP contribution in [0.15, 0.2) is 23.8 Å². The van der Waals surface area contributed by atoms with E-state index >= 15 is 0 Å². The van der Waals surface area contributed by atoms with Gasteiger partial charge in [-0.1, -0.05) is 25.2 Å². The van der Waals surface area contributed by atoms with E-state index in [9.17, 15) is 9.59 Å². The molecule has 0 atom stereocenters. The number of rotatable bonds is 5. The lowest BCUT2D eigenvalue weighted by Gasteiger charge is -2.17. The van der Waals surface area contributed by atoms with Crippen molar-refractivity contribution in [2.45, 2.75) is 27.2 Å². The van der Waals surface area contributed by atoms with E-state index in [1.54, 1.807) is 13.1 Å². The lowest BCUT2D eigenvalue weighted by molar-refractivity contribution is -0.130. The average molecular weight is 209 g/mol.